The third-order valence-electron chi connectivity index (χ3n) is 5.67. The lowest BCUT2D eigenvalue weighted by atomic mass is 9.95. The van der Waals surface area contributed by atoms with Gasteiger partial charge in [0.05, 0.1) is 24.8 Å². The number of ketones is 1. The normalized spacial score (nSPS) is 17.0. The van der Waals surface area contributed by atoms with Gasteiger partial charge in [0.2, 0.25) is 0 Å². The maximum atomic E-state index is 13.1. The SMILES string of the molecule is CCOc1ccc(C(O)=C2C(=O)C(=O)N(CCOC)[C@H]2c2cccc(Oc3ccccc3)c2)cc1. The number of hydrogen-bond donors (Lipinski definition) is 1. The van der Waals surface area contributed by atoms with Crippen molar-refractivity contribution >= 4 is 17.4 Å². The Labute approximate surface area is 204 Å². The van der Waals surface area contributed by atoms with E-state index in [1.807, 2.05) is 37.3 Å². The third kappa shape index (κ3) is 5.20. The van der Waals surface area contributed by atoms with Crippen LogP contribution in [0, 0.1) is 0 Å². The number of carbonyl (C=O) groups excluding carboxylic acids is 2. The number of nitrogens with zero attached hydrogens (tertiary/aromatic N) is 1. The van der Waals surface area contributed by atoms with Gasteiger partial charge in [-0.15, -0.1) is 0 Å². The molecule has 0 spiro atoms. The third-order valence-corrected chi connectivity index (χ3v) is 5.67. The minimum Gasteiger partial charge on any atom is -0.507 e. The largest absolute Gasteiger partial charge is 0.507 e. The lowest BCUT2D eigenvalue weighted by molar-refractivity contribution is -0.140. The Bertz CT molecular complexity index is 1220. The van der Waals surface area contributed by atoms with E-state index in [4.69, 9.17) is 14.2 Å². The average molecular weight is 474 g/mol. The summed E-state index contributed by atoms with van der Waals surface area (Å²) in [7, 11) is 1.53. The summed E-state index contributed by atoms with van der Waals surface area (Å²) >= 11 is 0. The van der Waals surface area contributed by atoms with Gasteiger partial charge in [-0.05, 0) is 61.0 Å². The highest BCUT2D eigenvalue weighted by Gasteiger charge is 2.46. The molecule has 7 heteroatoms. The number of likely N-dealkylation sites (tertiary alicyclic amines) is 1. The maximum Gasteiger partial charge on any atom is 0.295 e. The van der Waals surface area contributed by atoms with Crippen LogP contribution in [0.1, 0.15) is 24.1 Å². The predicted octanol–water partition coefficient (Wildman–Crippen LogP) is 4.95. The van der Waals surface area contributed by atoms with Crippen LogP contribution in [0.15, 0.2) is 84.4 Å². The van der Waals surface area contributed by atoms with Gasteiger partial charge < -0.3 is 24.2 Å². The maximum absolute atomic E-state index is 13.1. The molecule has 3 aromatic rings. The van der Waals surface area contributed by atoms with Crippen molar-refractivity contribution in [1.82, 2.24) is 4.90 Å². The van der Waals surface area contributed by atoms with E-state index in [0.717, 1.165) is 0 Å². The highest BCUT2D eigenvalue weighted by molar-refractivity contribution is 6.46. The lowest BCUT2D eigenvalue weighted by Gasteiger charge is -2.25. The first-order valence-corrected chi connectivity index (χ1v) is 11.4. The van der Waals surface area contributed by atoms with Gasteiger partial charge in [0.15, 0.2) is 0 Å². The summed E-state index contributed by atoms with van der Waals surface area (Å²) in [6, 6.07) is 22.4. The molecule has 0 radical (unpaired) electrons. The number of amides is 1. The molecular formula is C28H27NO6. The summed E-state index contributed by atoms with van der Waals surface area (Å²) in [6.07, 6.45) is 0. The van der Waals surface area contributed by atoms with Gasteiger partial charge in [0.1, 0.15) is 23.0 Å². The second kappa shape index (κ2) is 10.9. The first kappa shape index (κ1) is 24.0. The molecule has 1 N–H and O–H groups in total. The van der Waals surface area contributed by atoms with Crippen molar-refractivity contribution in [2.75, 3.05) is 26.9 Å². The molecule has 1 aliphatic heterocycles. The fraction of sp³-hybridized carbons (Fsp3) is 0.214. The van der Waals surface area contributed by atoms with E-state index in [2.05, 4.69) is 0 Å². The molecule has 1 fully saturated rings. The Morgan fingerprint density at radius 1 is 0.914 bits per heavy atom. The molecule has 0 aliphatic carbocycles. The minimum atomic E-state index is -0.795. The number of aliphatic hydroxyl groups is 1. The number of benzene rings is 3. The van der Waals surface area contributed by atoms with E-state index in [1.165, 1.54) is 12.0 Å². The van der Waals surface area contributed by atoms with Crippen molar-refractivity contribution in [3.8, 4) is 17.2 Å². The van der Waals surface area contributed by atoms with Crippen molar-refractivity contribution in [2.45, 2.75) is 13.0 Å². The number of methoxy groups -OCH3 is 1. The van der Waals surface area contributed by atoms with Crippen LogP contribution in [-0.4, -0.2) is 48.6 Å². The van der Waals surface area contributed by atoms with Gasteiger partial charge in [-0.2, -0.15) is 0 Å². The van der Waals surface area contributed by atoms with E-state index >= 15 is 0 Å². The first-order chi connectivity index (χ1) is 17.0. The number of carbonyl (C=O) groups is 2. The van der Waals surface area contributed by atoms with Crippen molar-refractivity contribution in [2.24, 2.45) is 0 Å². The van der Waals surface area contributed by atoms with E-state index in [-0.39, 0.29) is 24.5 Å². The molecule has 4 rings (SSSR count). The standard InChI is InChI=1S/C28H27NO6/c1-3-34-21-14-12-19(13-15-21)26(30)24-25(29(16-17-33-2)28(32)27(24)31)20-8-7-11-23(18-20)35-22-9-5-4-6-10-22/h4-15,18,25,30H,3,16-17H2,1-2H3/t25-/m0/s1. The van der Waals surface area contributed by atoms with Crippen molar-refractivity contribution in [1.29, 1.82) is 0 Å². The summed E-state index contributed by atoms with van der Waals surface area (Å²) in [5.74, 6) is 0.179. The summed E-state index contributed by atoms with van der Waals surface area (Å²) in [5.41, 5.74) is 1.08. The van der Waals surface area contributed by atoms with Crippen LogP contribution < -0.4 is 9.47 Å². The van der Waals surface area contributed by atoms with Gasteiger partial charge >= 0.3 is 0 Å². The topological polar surface area (TPSA) is 85.3 Å². The summed E-state index contributed by atoms with van der Waals surface area (Å²) in [5, 5.41) is 11.2. The van der Waals surface area contributed by atoms with Crippen LogP contribution in [0.3, 0.4) is 0 Å². The zero-order valence-electron chi connectivity index (χ0n) is 19.6. The molecule has 35 heavy (non-hydrogen) atoms. The zero-order valence-corrected chi connectivity index (χ0v) is 19.6. The van der Waals surface area contributed by atoms with E-state index in [9.17, 15) is 14.7 Å². The zero-order chi connectivity index (χ0) is 24.8. The molecule has 1 amide bonds. The van der Waals surface area contributed by atoms with Crippen LogP contribution in [0.2, 0.25) is 0 Å². The molecule has 7 nitrogen and oxygen atoms in total. The van der Waals surface area contributed by atoms with Gasteiger partial charge in [-0.1, -0.05) is 30.3 Å². The van der Waals surface area contributed by atoms with E-state index in [1.54, 1.807) is 48.5 Å². The highest BCUT2D eigenvalue weighted by atomic mass is 16.5. The Morgan fingerprint density at radius 3 is 2.31 bits per heavy atom. The summed E-state index contributed by atoms with van der Waals surface area (Å²) in [6.45, 7) is 2.82. The number of Topliss-reactive ketones (excluding diaryl/α,β-unsaturated/α-hetero) is 1. The summed E-state index contributed by atoms with van der Waals surface area (Å²) < 4.78 is 16.6. The molecule has 1 atom stereocenters. The van der Waals surface area contributed by atoms with Crippen LogP contribution >= 0.6 is 0 Å². The Kier molecular flexibility index (Phi) is 7.48. The molecule has 1 heterocycles. The Morgan fingerprint density at radius 2 is 1.63 bits per heavy atom. The number of aliphatic hydroxyl groups excluding tert-OH is 1. The highest BCUT2D eigenvalue weighted by Crippen LogP contribution is 2.40. The summed E-state index contributed by atoms with van der Waals surface area (Å²) in [4.78, 5) is 27.5. The molecule has 0 bridgehead atoms. The Hall–Kier alpha value is -4.10. The van der Waals surface area contributed by atoms with Gasteiger partial charge in [-0.25, -0.2) is 0 Å². The monoisotopic (exact) mass is 473 g/mol. The van der Waals surface area contributed by atoms with E-state index in [0.29, 0.717) is 35.0 Å². The number of para-hydroxylation sites is 1. The number of ether oxygens (including phenoxy) is 3. The van der Waals surface area contributed by atoms with Crippen LogP contribution in [0.25, 0.3) is 5.76 Å². The molecule has 180 valence electrons. The molecule has 0 saturated carbocycles. The predicted molar refractivity (Wildman–Crippen MR) is 131 cm³/mol. The number of hydrogen-bond acceptors (Lipinski definition) is 6. The second-order valence-corrected chi connectivity index (χ2v) is 7.93. The van der Waals surface area contributed by atoms with E-state index < -0.39 is 17.7 Å². The molecule has 0 unspecified atom stereocenters. The average Bonchev–Trinajstić information content (AvgIpc) is 3.13. The van der Waals surface area contributed by atoms with Crippen LogP contribution in [-0.2, 0) is 14.3 Å². The van der Waals surface area contributed by atoms with Crippen LogP contribution in [0.5, 0.6) is 17.2 Å². The molecular weight excluding hydrogens is 446 g/mol. The lowest BCUT2D eigenvalue weighted by Crippen LogP contribution is -2.32. The second-order valence-electron chi connectivity index (χ2n) is 7.93. The van der Waals surface area contributed by atoms with Crippen LogP contribution in [0.4, 0.5) is 0 Å². The van der Waals surface area contributed by atoms with Crippen molar-refractivity contribution in [3.63, 3.8) is 0 Å². The smallest absolute Gasteiger partial charge is 0.295 e. The quantitative estimate of drug-likeness (QED) is 0.269. The Balaban J connectivity index is 1.77. The van der Waals surface area contributed by atoms with Gasteiger partial charge in [0, 0.05) is 19.2 Å². The molecule has 1 saturated heterocycles. The molecule has 3 aromatic carbocycles. The first-order valence-electron chi connectivity index (χ1n) is 11.4. The fourth-order valence-electron chi connectivity index (χ4n) is 4.05. The van der Waals surface area contributed by atoms with Crippen molar-refractivity contribution in [3.05, 3.63) is 95.6 Å². The van der Waals surface area contributed by atoms with Crippen molar-refractivity contribution < 1.29 is 28.9 Å². The fourth-order valence-corrected chi connectivity index (χ4v) is 4.05. The minimum absolute atomic E-state index is 0.0205. The molecule has 1 aliphatic rings. The molecule has 0 aromatic heterocycles. The van der Waals surface area contributed by atoms with Gasteiger partial charge in [0.25, 0.3) is 11.7 Å². The van der Waals surface area contributed by atoms with Gasteiger partial charge in [-0.3, -0.25) is 9.59 Å². The number of rotatable bonds is 9.